The molecule has 0 atom stereocenters. The van der Waals surface area contributed by atoms with Crippen molar-refractivity contribution in [3.63, 3.8) is 0 Å². The van der Waals surface area contributed by atoms with Crippen LogP contribution in [0, 0.1) is 0 Å². The topological polar surface area (TPSA) is 116 Å². The highest BCUT2D eigenvalue weighted by Gasteiger charge is 2.46. The van der Waals surface area contributed by atoms with E-state index in [4.69, 9.17) is 28.4 Å². The number of phenolic OH excluding ortho intramolecular Hbond substituents is 3. The molecule has 0 unspecified atom stereocenters. The van der Waals surface area contributed by atoms with Gasteiger partial charge in [-0.15, -0.1) is 0 Å². The van der Waals surface area contributed by atoms with Crippen LogP contribution in [0.15, 0.2) is 36.4 Å². The monoisotopic (exact) mass is 696 g/mol. The number of aromatic hydroxyl groups is 3. The fraction of sp³-hybridized carbons (Fsp3) is 0.561. The first-order chi connectivity index (χ1) is 23.9. The Kier molecular flexibility index (Phi) is 16.0. The third-order valence-corrected chi connectivity index (χ3v) is 9.70. The fourth-order valence-corrected chi connectivity index (χ4v) is 6.33. The Bertz CT molecular complexity index is 1360. The molecule has 0 bridgehead atoms. The normalized spacial score (nSPS) is 12.2. The summed E-state index contributed by atoms with van der Waals surface area (Å²) >= 11 is 0. The van der Waals surface area contributed by atoms with E-state index >= 15 is 0 Å². The maximum absolute atomic E-state index is 11.4. The molecule has 0 amide bonds. The highest BCUT2D eigenvalue weighted by molar-refractivity contribution is 5.57. The van der Waals surface area contributed by atoms with Gasteiger partial charge in [-0.3, -0.25) is 0 Å². The molecule has 9 nitrogen and oxygen atoms in total. The van der Waals surface area contributed by atoms with E-state index in [2.05, 4.69) is 20.8 Å². The molecule has 50 heavy (non-hydrogen) atoms. The van der Waals surface area contributed by atoms with Crippen molar-refractivity contribution in [1.82, 2.24) is 0 Å². The van der Waals surface area contributed by atoms with E-state index in [9.17, 15) is 15.3 Å². The van der Waals surface area contributed by atoms with Crippen LogP contribution in [0.25, 0.3) is 0 Å². The lowest BCUT2D eigenvalue weighted by molar-refractivity contribution is 0.125. The maximum Gasteiger partial charge on any atom is 0.126 e. The van der Waals surface area contributed by atoms with E-state index in [0.29, 0.717) is 73.0 Å². The molecule has 0 spiro atoms. The summed E-state index contributed by atoms with van der Waals surface area (Å²) in [6.45, 7) is 22.5. The molecule has 3 aromatic carbocycles. The number of hydrogen-bond acceptors (Lipinski definition) is 9. The van der Waals surface area contributed by atoms with Crippen LogP contribution >= 0.6 is 0 Å². The predicted molar refractivity (Wildman–Crippen MR) is 196 cm³/mol. The Morgan fingerprint density at radius 3 is 0.780 bits per heavy atom. The Labute approximate surface area is 299 Å². The van der Waals surface area contributed by atoms with E-state index in [1.165, 1.54) is 0 Å². The minimum atomic E-state index is -0.818. The summed E-state index contributed by atoms with van der Waals surface area (Å²) in [7, 11) is 0. The molecule has 278 valence electrons. The van der Waals surface area contributed by atoms with Crippen molar-refractivity contribution in [2.24, 2.45) is 0 Å². The predicted octanol–water partition coefficient (Wildman–Crippen LogP) is 8.31. The number of phenols is 3. The van der Waals surface area contributed by atoms with Crippen molar-refractivity contribution < 1.29 is 43.7 Å². The van der Waals surface area contributed by atoms with Gasteiger partial charge in [0.1, 0.15) is 17.2 Å². The number of rotatable bonds is 22. The van der Waals surface area contributed by atoms with Gasteiger partial charge in [0.25, 0.3) is 0 Å². The Balaban J connectivity index is 2.50. The van der Waals surface area contributed by atoms with Crippen LogP contribution in [0.4, 0.5) is 0 Å². The number of benzene rings is 3. The third-order valence-electron chi connectivity index (χ3n) is 9.70. The second-order valence-corrected chi connectivity index (χ2v) is 13.0. The first-order valence-electron chi connectivity index (χ1n) is 18.0. The minimum Gasteiger partial charge on any atom is -0.507 e. The Morgan fingerprint density at radius 1 is 0.380 bits per heavy atom. The second-order valence-electron chi connectivity index (χ2n) is 13.0. The lowest BCUT2D eigenvalue weighted by atomic mass is 9.56. The van der Waals surface area contributed by atoms with Crippen molar-refractivity contribution in [3.05, 3.63) is 86.5 Å². The zero-order chi connectivity index (χ0) is 36.9. The van der Waals surface area contributed by atoms with Gasteiger partial charge in [-0.25, -0.2) is 0 Å². The third kappa shape index (κ3) is 9.37. The van der Waals surface area contributed by atoms with Crippen LogP contribution in [-0.2, 0) is 78.9 Å². The molecule has 3 rings (SSSR count). The molecule has 0 saturated carbocycles. The van der Waals surface area contributed by atoms with Crippen LogP contribution in [-0.4, -0.2) is 55.0 Å². The smallest absolute Gasteiger partial charge is 0.126 e. The molecule has 0 aliphatic heterocycles. The molecular formula is C41H60O9. The van der Waals surface area contributed by atoms with Gasteiger partial charge in [-0.05, 0) is 94.6 Å². The standard InChI is InChI=1S/C41H60O9/c1-10-45-22-28-16-34(17-29(37(28)42)23-46-11-2)40(7,8)41(9,35-18-30(24-47-12-3)38(43)31(19-35)25-48-13-4)36-20-32(26-49-14-5)39(44)33(21-36)27-50-15-6/h16-21,42-44H,10-15,22-27H2,1-9H3. The van der Waals surface area contributed by atoms with Crippen LogP contribution in [0.5, 0.6) is 17.2 Å². The van der Waals surface area contributed by atoms with Crippen molar-refractivity contribution in [1.29, 1.82) is 0 Å². The summed E-state index contributed by atoms with van der Waals surface area (Å²) in [5.74, 6) is 0.467. The van der Waals surface area contributed by atoms with Crippen molar-refractivity contribution in [2.45, 2.75) is 113 Å². The van der Waals surface area contributed by atoms with E-state index in [-0.39, 0.29) is 56.9 Å². The van der Waals surface area contributed by atoms with Gasteiger partial charge in [-0.1, -0.05) is 20.8 Å². The minimum absolute atomic E-state index is 0.151. The van der Waals surface area contributed by atoms with Crippen LogP contribution < -0.4 is 0 Å². The summed E-state index contributed by atoms with van der Waals surface area (Å²) in [6.07, 6.45) is 0. The van der Waals surface area contributed by atoms with Gasteiger partial charge in [0.05, 0.1) is 39.6 Å². The molecule has 0 aromatic heterocycles. The molecule has 0 aliphatic rings. The van der Waals surface area contributed by atoms with E-state index in [1.807, 2.05) is 77.9 Å². The van der Waals surface area contributed by atoms with Crippen LogP contribution in [0.2, 0.25) is 0 Å². The summed E-state index contributed by atoms with van der Waals surface area (Å²) in [4.78, 5) is 0. The molecule has 0 aliphatic carbocycles. The van der Waals surface area contributed by atoms with Gasteiger partial charge < -0.3 is 43.7 Å². The SMILES string of the molecule is CCOCc1cc(C(C)(C)C(C)(c2cc(COCC)c(O)c(COCC)c2)c2cc(COCC)c(O)c(COCC)c2)cc(COCC)c1O. The largest absolute Gasteiger partial charge is 0.507 e. The molecule has 0 heterocycles. The highest BCUT2D eigenvalue weighted by atomic mass is 16.5. The lowest BCUT2D eigenvalue weighted by Crippen LogP contribution is -2.44. The molecule has 9 heteroatoms. The van der Waals surface area contributed by atoms with Crippen molar-refractivity contribution >= 4 is 0 Å². The first kappa shape index (κ1) is 41.2. The average Bonchev–Trinajstić information content (AvgIpc) is 3.11. The molecule has 0 radical (unpaired) electrons. The van der Waals surface area contributed by atoms with E-state index < -0.39 is 10.8 Å². The fourth-order valence-electron chi connectivity index (χ4n) is 6.33. The summed E-state index contributed by atoms with van der Waals surface area (Å²) in [5.41, 5.74) is 5.27. The summed E-state index contributed by atoms with van der Waals surface area (Å²) < 4.78 is 35.0. The van der Waals surface area contributed by atoms with E-state index in [0.717, 1.165) is 16.7 Å². The molecule has 0 fully saturated rings. The van der Waals surface area contributed by atoms with Gasteiger partial charge >= 0.3 is 0 Å². The zero-order valence-corrected chi connectivity index (χ0v) is 31.7. The Hall–Kier alpha value is -3.18. The molecule has 3 N–H and O–H groups in total. The quantitative estimate of drug-likeness (QED) is 0.0954. The van der Waals surface area contributed by atoms with Gasteiger partial charge in [-0.2, -0.15) is 0 Å². The first-order valence-corrected chi connectivity index (χ1v) is 18.0. The summed E-state index contributed by atoms with van der Waals surface area (Å²) in [6, 6.07) is 12.1. The lowest BCUT2D eigenvalue weighted by Gasteiger charge is -2.47. The van der Waals surface area contributed by atoms with Gasteiger partial charge in [0, 0.05) is 83.9 Å². The highest BCUT2D eigenvalue weighted by Crippen LogP contribution is 2.52. The number of hydrogen-bond donors (Lipinski definition) is 3. The van der Waals surface area contributed by atoms with Crippen molar-refractivity contribution in [2.75, 3.05) is 39.6 Å². The molecular weight excluding hydrogens is 636 g/mol. The summed E-state index contributed by atoms with van der Waals surface area (Å²) in [5, 5.41) is 34.2. The second kappa shape index (κ2) is 19.4. The Morgan fingerprint density at radius 2 is 0.580 bits per heavy atom. The van der Waals surface area contributed by atoms with Gasteiger partial charge in [0.15, 0.2) is 0 Å². The average molecular weight is 697 g/mol. The van der Waals surface area contributed by atoms with Crippen molar-refractivity contribution in [3.8, 4) is 17.2 Å². The molecule has 0 saturated heterocycles. The van der Waals surface area contributed by atoms with E-state index in [1.54, 1.807) is 0 Å². The number of ether oxygens (including phenoxy) is 6. The maximum atomic E-state index is 11.4. The van der Waals surface area contributed by atoms with Crippen LogP contribution in [0.1, 0.15) is 112 Å². The van der Waals surface area contributed by atoms with Crippen LogP contribution in [0.3, 0.4) is 0 Å². The molecule has 3 aromatic rings. The zero-order valence-electron chi connectivity index (χ0n) is 31.7. The van der Waals surface area contributed by atoms with Gasteiger partial charge in [0.2, 0.25) is 0 Å².